The highest BCUT2D eigenvalue weighted by molar-refractivity contribution is 5.72. The molecule has 1 atom stereocenters. The van der Waals surface area contributed by atoms with Crippen LogP contribution in [-0.2, 0) is 19.1 Å². The minimum Gasteiger partial charge on any atom is -0.466 e. The zero-order valence-corrected chi connectivity index (χ0v) is 22.5. The molecule has 0 spiro atoms. The highest BCUT2D eigenvalue weighted by Crippen LogP contribution is 2.18. The lowest BCUT2D eigenvalue weighted by atomic mass is 9.97. The molecular weight excluding hydrogens is 412 g/mol. The fourth-order valence-electron chi connectivity index (χ4n) is 4.11. The summed E-state index contributed by atoms with van der Waals surface area (Å²) >= 11 is 0. The molecule has 1 unspecified atom stereocenters. The van der Waals surface area contributed by atoms with Crippen LogP contribution in [0.2, 0.25) is 0 Å². The van der Waals surface area contributed by atoms with Gasteiger partial charge in [-0.15, -0.1) is 0 Å². The molecule has 0 N–H and O–H groups in total. The molecule has 0 bridgehead atoms. The Balaban J connectivity index is 3.32. The number of ether oxygens (including phenoxy) is 2. The monoisotopic (exact) mass is 468 g/mol. The van der Waals surface area contributed by atoms with Crippen LogP contribution in [0.4, 0.5) is 0 Å². The largest absolute Gasteiger partial charge is 0.466 e. The normalized spacial score (nSPS) is 12.0. The van der Waals surface area contributed by atoms with Gasteiger partial charge < -0.3 is 9.47 Å². The SMILES string of the molecule is CCCCOC(=O)CCCCCCCCCCCCCCCCC(CC)C(=O)OCCCC. The number of carbonyl (C=O) groups is 2. The summed E-state index contributed by atoms with van der Waals surface area (Å²) in [7, 11) is 0. The van der Waals surface area contributed by atoms with Crippen LogP contribution in [0.25, 0.3) is 0 Å². The first-order valence-corrected chi connectivity index (χ1v) is 14.5. The molecule has 0 aromatic carbocycles. The first kappa shape index (κ1) is 31.9. The van der Waals surface area contributed by atoms with Gasteiger partial charge >= 0.3 is 11.9 Å². The summed E-state index contributed by atoms with van der Waals surface area (Å²) in [5, 5.41) is 0. The minimum atomic E-state index is -0.0175. The third-order valence-electron chi connectivity index (χ3n) is 6.51. The summed E-state index contributed by atoms with van der Waals surface area (Å²) in [6, 6.07) is 0. The molecule has 0 rings (SSSR count). The van der Waals surface area contributed by atoms with Gasteiger partial charge in [-0.1, -0.05) is 117 Å². The van der Waals surface area contributed by atoms with Gasteiger partial charge in [0.1, 0.15) is 0 Å². The Bertz CT molecular complexity index is 435. The zero-order chi connectivity index (χ0) is 24.4. The van der Waals surface area contributed by atoms with Crippen molar-refractivity contribution in [3.63, 3.8) is 0 Å². The molecule has 4 heteroatoms. The molecule has 196 valence electrons. The second-order valence-electron chi connectivity index (χ2n) is 9.69. The maximum Gasteiger partial charge on any atom is 0.308 e. The highest BCUT2D eigenvalue weighted by atomic mass is 16.5. The fourth-order valence-corrected chi connectivity index (χ4v) is 4.11. The van der Waals surface area contributed by atoms with E-state index >= 15 is 0 Å². The number of esters is 2. The van der Waals surface area contributed by atoms with Crippen molar-refractivity contribution >= 4 is 11.9 Å². The highest BCUT2D eigenvalue weighted by Gasteiger charge is 2.17. The molecule has 0 aromatic rings. The van der Waals surface area contributed by atoms with Crippen molar-refractivity contribution in [3.05, 3.63) is 0 Å². The van der Waals surface area contributed by atoms with E-state index in [1.165, 1.54) is 70.6 Å². The van der Waals surface area contributed by atoms with Crippen molar-refractivity contribution in [2.24, 2.45) is 5.92 Å². The van der Waals surface area contributed by atoms with Gasteiger partial charge in [-0.2, -0.15) is 0 Å². The van der Waals surface area contributed by atoms with E-state index in [9.17, 15) is 9.59 Å². The van der Waals surface area contributed by atoms with Gasteiger partial charge in [-0.05, 0) is 32.1 Å². The van der Waals surface area contributed by atoms with Gasteiger partial charge in [0.25, 0.3) is 0 Å². The molecular formula is C29H56O4. The van der Waals surface area contributed by atoms with E-state index in [0.29, 0.717) is 19.6 Å². The Kier molecular flexibility index (Phi) is 24.7. The van der Waals surface area contributed by atoms with E-state index in [4.69, 9.17) is 9.47 Å². The van der Waals surface area contributed by atoms with Crippen LogP contribution >= 0.6 is 0 Å². The molecule has 0 radical (unpaired) electrons. The molecule has 0 heterocycles. The van der Waals surface area contributed by atoms with Gasteiger partial charge in [0.15, 0.2) is 0 Å². The predicted octanol–water partition coefficient (Wildman–Crippen LogP) is 8.94. The molecule has 0 aromatic heterocycles. The zero-order valence-electron chi connectivity index (χ0n) is 22.5. The van der Waals surface area contributed by atoms with Crippen LogP contribution in [0.15, 0.2) is 0 Å². The maximum absolute atomic E-state index is 12.1. The first-order valence-electron chi connectivity index (χ1n) is 14.5. The Morgan fingerprint density at radius 2 is 0.970 bits per heavy atom. The third kappa shape index (κ3) is 22.5. The molecule has 0 saturated heterocycles. The summed E-state index contributed by atoms with van der Waals surface area (Å²) < 4.78 is 10.6. The smallest absolute Gasteiger partial charge is 0.308 e. The average molecular weight is 469 g/mol. The Morgan fingerprint density at radius 1 is 0.545 bits per heavy atom. The van der Waals surface area contributed by atoms with Crippen LogP contribution in [0, 0.1) is 5.92 Å². The van der Waals surface area contributed by atoms with Gasteiger partial charge in [0, 0.05) is 6.42 Å². The van der Waals surface area contributed by atoms with Crippen LogP contribution in [0.3, 0.4) is 0 Å². The summed E-state index contributed by atoms with van der Waals surface area (Å²) in [6.07, 6.45) is 24.4. The van der Waals surface area contributed by atoms with Gasteiger partial charge in [-0.25, -0.2) is 0 Å². The Labute approximate surface area is 206 Å². The predicted molar refractivity (Wildman–Crippen MR) is 139 cm³/mol. The topological polar surface area (TPSA) is 52.6 Å². The van der Waals surface area contributed by atoms with Crippen molar-refractivity contribution in [3.8, 4) is 0 Å². The lowest BCUT2D eigenvalue weighted by molar-refractivity contribution is -0.149. The standard InChI is InChI=1S/C29H56O4/c1-4-7-25-32-28(30)24-22-20-18-16-14-12-10-9-11-13-15-17-19-21-23-27(6-3)29(31)33-26-8-5-2/h27H,4-26H2,1-3H3. The third-order valence-corrected chi connectivity index (χ3v) is 6.51. The Morgan fingerprint density at radius 3 is 1.42 bits per heavy atom. The Hall–Kier alpha value is -1.06. The second-order valence-corrected chi connectivity index (χ2v) is 9.69. The molecule has 4 nitrogen and oxygen atoms in total. The van der Waals surface area contributed by atoms with Crippen LogP contribution in [0.5, 0.6) is 0 Å². The van der Waals surface area contributed by atoms with Crippen molar-refractivity contribution in [1.82, 2.24) is 0 Å². The summed E-state index contributed by atoms with van der Waals surface area (Å²) in [6.45, 7) is 7.50. The van der Waals surface area contributed by atoms with E-state index < -0.39 is 0 Å². The van der Waals surface area contributed by atoms with Crippen LogP contribution in [0.1, 0.15) is 156 Å². The van der Waals surface area contributed by atoms with Crippen LogP contribution in [-0.4, -0.2) is 25.2 Å². The van der Waals surface area contributed by atoms with Crippen molar-refractivity contribution in [2.75, 3.05) is 13.2 Å². The molecule has 33 heavy (non-hydrogen) atoms. The van der Waals surface area contributed by atoms with Crippen molar-refractivity contribution < 1.29 is 19.1 Å². The first-order chi connectivity index (χ1) is 16.2. The van der Waals surface area contributed by atoms with Crippen molar-refractivity contribution in [1.29, 1.82) is 0 Å². The average Bonchev–Trinajstić information content (AvgIpc) is 2.81. The van der Waals surface area contributed by atoms with Gasteiger partial charge in [0.2, 0.25) is 0 Å². The number of hydrogen-bond donors (Lipinski definition) is 0. The fraction of sp³-hybridized carbons (Fsp3) is 0.931. The second kappa shape index (κ2) is 25.6. The molecule has 0 aliphatic heterocycles. The number of carbonyl (C=O) groups excluding carboxylic acids is 2. The lowest BCUT2D eigenvalue weighted by Gasteiger charge is -2.13. The van der Waals surface area contributed by atoms with Crippen molar-refractivity contribution in [2.45, 2.75) is 156 Å². The summed E-state index contributed by atoms with van der Waals surface area (Å²) in [5.74, 6) is 0.110. The molecule has 0 amide bonds. The van der Waals surface area contributed by atoms with E-state index in [2.05, 4.69) is 20.8 Å². The maximum atomic E-state index is 12.1. The van der Waals surface area contributed by atoms with Crippen LogP contribution < -0.4 is 0 Å². The van der Waals surface area contributed by atoms with E-state index in [0.717, 1.165) is 57.8 Å². The molecule has 0 fully saturated rings. The number of hydrogen-bond acceptors (Lipinski definition) is 4. The number of rotatable bonds is 25. The van der Waals surface area contributed by atoms with E-state index in [1.54, 1.807) is 0 Å². The lowest BCUT2D eigenvalue weighted by Crippen LogP contribution is -2.17. The van der Waals surface area contributed by atoms with Gasteiger partial charge in [-0.3, -0.25) is 9.59 Å². The van der Waals surface area contributed by atoms with E-state index in [-0.39, 0.29) is 17.9 Å². The molecule has 0 aliphatic rings. The summed E-state index contributed by atoms with van der Waals surface area (Å²) in [5.41, 5.74) is 0. The summed E-state index contributed by atoms with van der Waals surface area (Å²) in [4.78, 5) is 23.6. The quantitative estimate of drug-likeness (QED) is 0.0991. The number of unbranched alkanes of at least 4 members (excludes halogenated alkanes) is 15. The molecule has 0 saturated carbocycles. The minimum absolute atomic E-state index is 0.0175. The van der Waals surface area contributed by atoms with E-state index in [1.807, 2.05) is 0 Å². The molecule has 0 aliphatic carbocycles. The van der Waals surface area contributed by atoms with Gasteiger partial charge in [0.05, 0.1) is 19.1 Å².